The van der Waals surface area contributed by atoms with Crippen molar-refractivity contribution in [2.45, 2.75) is 12.6 Å². The first-order valence-corrected chi connectivity index (χ1v) is 5.44. The van der Waals surface area contributed by atoms with Crippen LogP contribution in [0, 0.1) is 11.3 Å². The van der Waals surface area contributed by atoms with E-state index >= 15 is 0 Å². The number of carbonyl (C=O) groups excluding carboxylic acids is 1. The molecule has 0 fully saturated rings. The van der Waals surface area contributed by atoms with E-state index in [0.29, 0.717) is 12.6 Å². The summed E-state index contributed by atoms with van der Waals surface area (Å²) in [5, 5.41) is 14.0. The number of anilines is 1. The minimum atomic E-state index is -4.51. The monoisotopic (exact) mass is 271 g/mol. The maximum absolute atomic E-state index is 12.5. The Morgan fingerprint density at radius 2 is 2.11 bits per heavy atom. The van der Waals surface area contributed by atoms with Crippen molar-refractivity contribution in [3.05, 3.63) is 29.3 Å². The van der Waals surface area contributed by atoms with E-state index in [4.69, 9.17) is 5.26 Å². The molecule has 0 bridgehead atoms. The van der Waals surface area contributed by atoms with Crippen LogP contribution in [0.25, 0.3) is 0 Å². The molecule has 19 heavy (non-hydrogen) atoms. The predicted octanol–water partition coefficient (Wildman–Crippen LogP) is 2.13. The summed E-state index contributed by atoms with van der Waals surface area (Å²) in [6.07, 6.45) is -4.34. The number of nitrogens with one attached hydrogen (secondary N) is 2. The SMILES string of the molecule is CNCCC(=O)Nc1ccc(C(F)(F)F)cc1C#N. The van der Waals surface area contributed by atoms with Gasteiger partial charge < -0.3 is 10.6 Å². The molecule has 0 heterocycles. The zero-order valence-electron chi connectivity index (χ0n) is 10.1. The summed E-state index contributed by atoms with van der Waals surface area (Å²) in [6.45, 7) is 0.439. The second kappa shape index (κ2) is 6.20. The molecule has 0 saturated carbocycles. The van der Waals surface area contributed by atoms with E-state index < -0.39 is 11.7 Å². The molecular weight excluding hydrogens is 259 g/mol. The Hall–Kier alpha value is -2.07. The van der Waals surface area contributed by atoms with Crippen LogP contribution in [0.15, 0.2) is 18.2 Å². The highest BCUT2D eigenvalue weighted by molar-refractivity contribution is 5.92. The van der Waals surface area contributed by atoms with Crippen LogP contribution < -0.4 is 10.6 Å². The van der Waals surface area contributed by atoms with Crippen LogP contribution in [0.3, 0.4) is 0 Å². The van der Waals surface area contributed by atoms with E-state index in [0.717, 1.165) is 12.1 Å². The Balaban J connectivity index is 2.92. The first-order chi connectivity index (χ1) is 8.88. The van der Waals surface area contributed by atoms with E-state index in [-0.39, 0.29) is 23.6 Å². The lowest BCUT2D eigenvalue weighted by Crippen LogP contribution is -2.19. The highest BCUT2D eigenvalue weighted by atomic mass is 19.4. The number of benzene rings is 1. The van der Waals surface area contributed by atoms with Crippen molar-refractivity contribution in [1.29, 1.82) is 5.26 Å². The molecule has 102 valence electrons. The second-order valence-corrected chi connectivity index (χ2v) is 3.77. The Bertz CT molecular complexity index is 506. The molecular formula is C12H12F3N3O. The van der Waals surface area contributed by atoms with Crippen molar-refractivity contribution in [2.75, 3.05) is 18.9 Å². The summed E-state index contributed by atoms with van der Waals surface area (Å²) < 4.78 is 37.4. The highest BCUT2D eigenvalue weighted by Gasteiger charge is 2.31. The third-order valence-electron chi connectivity index (χ3n) is 2.34. The molecule has 0 unspecified atom stereocenters. The lowest BCUT2D eigenvalue weighted by molar-refractivity contribution is -0.137. The number of nitriles is 1. The Morgan fingerprint density at radius 1 is 1.42 bits per heavy atom. The lowest BCUT2D eigenvalue weighted by Gasteiger charge is -2.10. The summed E-state index contributed by atoms with van der Waals surface area (Å²) in [5.74, 6) is -0.370. The molecule has 0 aromatic heterocycles. The maximum Gasteiger partial charge on any atom is 0.416 e. The Labute approximate surface area is 108 Å². The zero-order valence-corrected chi connectivity index (χ0v) is 10.1. The average molecular weight is 271 g/mol. The van der Waals surface area contributed by atoms with Crippen LogP contribution in [-0.4, -0.2) is 19.5 Å². The maximum atomic E-state index is 12.5. The molecule has 2 N–H and O–H groups in total. The molecule has 0 saturated heterocycles. The fraction of sp³-hybridized carbons (Fsp3) is 0.333. The molecule has 1 aromatic rings. The fourth-order valence-electron chi connectivity index (χ4n) is 1.37. The molecule has 0 aliphatic carbocycles. The van der Waals surface area contributed by atoms with Gasteiger partial charge in [-0.05, 0) is 25.2 Å². The summed E-state index contributed by atoms with van der Waals surface area (Å²) >= 11 is 0. The van der Waals surface area contributed by atoms with Crippen molar-refractivity contribution in [3.8, 4) is 6.07 Å². The van der Waals surface area contributed by atoms with Gasteiger partial charge in [0.05, 0.1) is 16.8 Å². The van der Waals surface area contributed by atoms with Crippen molar-refractivity contribution in [1.82, 2.24) is 5.32 Å². The largest absolute Gasteiger partial charge is 0.416 e. The minimum Gasteiger partial charge on any atom is -0.325 e. The number of hydrogen-bond donors (Lipinski definition) is 2. The zero-order chi connectivity index (χ0) is 14.5. The van der Waals surface area contributed by atoms with Gasteiger partial charge in [-0.3, -0.25) is 4.79 Å². The van der Waals surface area contributed by atoms with E-state index in [9.17, 15) is 18.0 Å². The molecule has 1 aromatic carbocycles. The first-order valence-electron chi connectivity index (χ1n) is 5.44. The summed E-state index contributed by atoms with van der Waals surface area (Å²) in [5.41, 5.74) is -1.05. The smallest absolute Gasteiger partial charge is 0.325 e. The summed E-state index contributed by atoms with van der Waals surface area (Å²) in [7, 11) is 1.67. The minimum absolute atomic E-state index is 0.0802. The van der Waals surface area contributed by atoms with Gasteiger partial charge >= 0.3 is 6.18 Å². The van der Waals surface area contributed by atoms with Gasteiger partial charge in [0.2, 0.25) is 5.91 Å². The van der Waals surface area contributed by atoms with Gasteiger partial charge in [0, 0.05) is 13.0 Å². The van der Waals surface area contributed by atoms with Crippen molar-refractivity contribution in [2.24, 2.45) is 0 Å². The highest BCUT2D eigenvalue weighted by Crippen LogP contribution is 2.31. The van der Waals surface area contributed by atoms with Gasteiger partial charge in [0.25, 0.3) is 0 Å². The lowest BCUT2D eigenvalue weighted by atomic mass is 10.1. The van der Waals surface area contributed by atoms with E-state index in [1.54, 1.807) is 13.1 Å². The standard InChI is InChI=1S/C12H12F3N3O/c1-17-5-4-11(19)18-10-3-2-9(12(13,14)15)6-8(10)7-16/h2-3,6,17H,4-5H2,1H3,(H,18,19). The first kappa shape index (κ1) is 15.0. The number of amides is 1. The number of halogens is 3. The Morgan fingerprint density at radius 3 is 2.63 bits per heavy atom. The molecule has 0 aliphatic heterocycles. The fourth-order valence-corrected chi connectivity index (χ4v) is 1.37. The third kappa shape index (κ3) is 4.26. The van der Waals surface area contributed by atoms with Crippen LogP contribution >= 0.6 is 0 Å². The van der Waals surface area contributed by atoms with Crippen LogP contribution in [0.2, 0.25) is 0 Å². The average Bonchev–Trinajstić information content (AvgIpc) is 2.35. The van der Waals surface area contributed by atoms with Crippen LogP contribution in [0.4, 0.5) is 18.9 Å². The Kier molecular flexibility index (Phi) is 4.89. The van der Waals surface area contributed by atoms with Crippen LogP contribution in [0.1, 0.15) is 17.5 Å². The van der Waals surface area contributed by atoms with Gasteiger partial charge in [0.15, 0.2) is 0 Å². The van der Waals surface area contributed by atoms with Gasteiger partial charge in [0.1, 0.15) is 6.07 Å². The third-order valence-corrected chi connectivity index (χ3v) is 2.34. The molecule has 0 spiro atoms. The molecule has 0 aliphatic rings. The molecule has 4 nitrogen and oxygen atoms in total. The molecule has 1 rings (SSSR count). The van der Waals surface area contributed by atoms with E-state index in [1.807, 2.05) is 0 Å². The van der Waals surface area contributed by atoms with Gasteiger partial charge in [-0.25, -0.2) is 0 Å². The number of nitrogens with zero attached hydrogens (tertiary/aromatic N) is 1. The predicted molar refractivity (Wildman–Crippen MR) is 63.3 cm³/mol. The van der Waals surface area contributed by atoms with Gasteiger partial charge in [-0.15, -0.1) is 0 Å². The number of alkyl halides is 3. The molecule has 1 amide bonds. The van der Waals surface area contributed by atoms with Crippen molar-refractivity contribution < 1.29 is 18.0 Å². The van der Waals surface area contributed by atoms with Crippen molar-refractivity contribution >= 4 is 11.6 Å². The van der Waals surface area contributed by atoms with E-state index in [2.05, 4.69) is 10.6 Å². The number of rotatable bonds is 4. The number of hydrogen-bond acceptors (Lipinski definition) is 3. The molecule has 7 heteroatoms. The normalized spacial score (nSPS) is 10.9. The second-order valence-electron chi connectivity index (χ2n) is 3.77. The summed E-state index contributed by atoms with van der Waals surface area (Å²) in [4.78, 5) is 11.4. The summed E-state index contributed by atoms with van der Waals surface area (Å²) in [6, 6.07) is 4.27. The molecule has 0 atom stereocenters. The van der Waals surface area contributed by atoms with E-state index in [1.165, 1.54) is 0 Å². The number of carbonyl (C=O) groups is 1. The van der Waals surface area contributed by atoms with Crippen LogP contribution in [-0.2, 0) is 11.0 Å². The quantitative estimate of drug-likeness (QED) is 0.881. The van der Waals surface area contributed by atoms with Gasteiger partial charge in [-0.2, -0.15) is 18.4 Å². The topological polar surface area (TPSA) is 64.9 Å². The van der Waals surface area contributed by atoms with Crippen LogP contribution in [0.5, 0.6) is 0 Å². The van der Waals surface area contributed by atoms with Gasteiger partial charge in [-0.1, -0.05) is 0 Å². The molecule has 0 radical (unpaired) electrons. The van der Waals surface area contributed by atoms with Crippen molar-refractivity contribution in [3.63, 3.8) is 0 Å².